The second kappa shape index (κ2) is 7.13. The Balaban J connectivity index is 1.54. The standard InChI is InChI=1S/C18H15ClFN3OS2/c1-9-21-17(16-11-3-2-4-14(11)26-18(16)22-9)25-8-15(24)23-13-7-10(19)5-6-12(13)20/h5-7H,2-4,8H2,1H3,(H,23,24). The number of nitrogens with zero attached hydrogens (tertiary/aromatic N) is 2. The lowest BCUT2D eigenvalue weighted by molar-refractivity contribution is -0.113. The molecule has 0 saturated heterocycles. The number of halogens is 2. The average molecular weight is 408 g/mol. The summed E-state index contributed by atoms with van der Waals surface area (Å²) in [6.45, 7) is 1.86. The first kappa shape index (κ1) is 17.7. The van der Waals surface area contributed by atoms with Crippen molar-refractivity contribution in [3.63, 3.8) is 0 Å². The van der Waals surface area contributed by atoms with Crippen molar-refractivity contribution in [2.24, 2.45) is 0 Å². The zero-order valence-electron chi connectivity index (χ0n) is 13.9. The molecule has 0 saturated carbocycles. The number of amides is 1. The van der Waals surface area contributed by atoms with E-state index in [4.69, 9.17) is 11.6 Å². The molecule has 3 aromatic rings. The Morgan fingerprint density at radius 3 is 3.08 bits per heavy atom. The minimum Gasteiger partial charge on any atom is -0.323 e. The van der Waals surface area contributed by atoms with E-state index < -0.39 is 5.82 Å². The van der Waals surface area contributed by atoms with E-state index in [0.717, 1.165) is 34.5 Å². The van der Waals surface area contributed by atoms with E-state index in [1.54, 1.807) is 11.3 Å². The Hall–Kier alpha value is -1.70. The van der Waals surface area contributed by atoms with Crippen LogP contribution >= 0.6 is 34.7 Å². The van der Waals surface area contributed by atoms with Crippen LogP contribution in [0.2, 0.25) is 5.02 Å². The summed E-state index contributed by atoms with van der Waals surface area (Å²) in [5.74, 6) is 0.0274. The molecule has 26 heavy (non-hydrogen) atoms. The molecule has 4 rings (SSSR count). The van der Waals surface area contributed by atoms with E-state index in [1.165, 1.54) is 40.4 Å². The van der Waals surface area contributed by atoms with Crippen molar-refractivity contribution < 1.29 is 9.18 Å². The molecular weight excluding hydrogens is 393 g/mol. The minimum atomic E-state index is -0.510. The molecule has 1 aliphatic carbocycles. The third-order valence-corrected chi connectivity index (χ3v) is 6.58. The fourth-order valence-electron chi connectivity index (χ4n) is 3.08. The van der Waals surface area contributed by atoms with Crippen LogP contribution in [0.4, 0.5) is 10.1 Å². The molecule has 1 N–H and O–H groups in total. The number of aromatic nitrogens is 2. The minimum absolute atomic E-state index is 0.0866. The number of thiophene rings is 1. The number of anilines is 1. The lowest BCUT2D eigenvalue weighted by Crippen LogP contribution is -2.15. The normalized spacial score (nSPS) is 13.2. The summed E-state index contributed by atoms with van der Waals surface area (Å²) in [5.41, 5.74) is 1.41. The summed E-state index contributed by atoms with van der Waals surface area (Å²) in [7, 11) is 0. The van der Waals surface area contributed by atoms with Crippen LogP contribution in [0.5, 0.6) is 0 Å². The molecule has 0 bridgehead atoms. The predicted molar refractivity (Wildman–Crippen MR) is 105 cm³/mol. The van der Waals surface area contributed by atoms with E-state index in [0.29, 0.717) is 10.8 Å². The van der Waals surface area contributed by atoms with Gasteiger partial charge in [0.15, 0.2) is 0 Å². The van der Waals surface area contributed by atoms with Gasteiger partial charge in [-0.25, -0.2) is 14.4 Å². The number of carbonyl (C=O) groups is 1. The molecule has 1 amide bonds. The van der Waals surface area contributed by atoms with Gasteiger partial charge in [0.2, 0.25) is 5.91 Å². The van der Waals surface area contributed by atoms with Crippen molar-refractivity contribution in [1.29, 1.82) is 0 Å². The van der Waals surface area contributed by atoms with Gasteiger partial charge in [-0.15, -0.1) is 11.3 Å². The van der Waals surface area contributed by atoms with Gasteiger partial charge in [0.1, 0.15) is 21.5 Å². The fourth-order valence-corrected chi connectivity index (χ4v) is 5.53. The Morgan fingerprint density at radius 1 is 1.38 bits per heavy atom. The molecule has 0 aliphatic heterocycles. The third kappa shape index (κ3) is 3.43. The Labute approximate surface area is 163 Å². The maximum absolute atomic E-state index is 13.8. The van der Waals surface area contributed by atoms with Crippen LogP contribution in [0.1, 0.15) is 22.7 Å². The molecule has 1 aliphatic rings. The molecule has 0 unspecified atom stereocenters. The number of aryl methyl sites for hydroxylation is 3. The molecule has 4 nitrogen and oxygen atoms in total. The summed E-state index contributed by atoms with van der Waals surface area (Å²) in [5, 5.41) is 4.85. The van der Waals surface area contributed by atoms with Gasteiger partial charge in [0.25, 0.3) is 0 Å². The van der Waals surface area contributed by atoms with Crippen LogP contribution in [-0.2, 0) is 17.6 Å². The third-order valence-electron chi connectivity index (χ3n) is 4.19. The van der Waals surface area contributed by atoms with Crippen LogP contribution in [0, 0.1) is 12.7 Å². The molecule has 0 atom stereocenters. The van der Waals surface area contributed by atoms with Crippen molar-refractivity contribution in [3.8, 4) is 0 Å². The lowest BCUT2D eigenvalue weighted by Gasteiger charge is -2.08. The smallest absolute Gasteiger partial charge is 0.234 e. The summed E-state index contributed by atoms with van der Waals surface area (Å²) < 4.78 is 13.8. The summed E-state index contributed by atoms with van der Waals surface area (Å²) in [6.07, 6.45) is 3.28. The molecular formula is C18H15ClFN3OS2. The Bertz CT molecular complexity index is 1020. The van der Waals surface area contributed by atoms with Crippen molar-refractivity contribution in [2.45, 2.75) is 31.2 Å². The van der Waals surface area contributed by atoms with E-state index >= 15 is 0 Å². The number of carbonyl (C=O) groups excluding carboxylic acids is 1. The van der Waals surface area contributed by atoms with Gasteiger partial charge in [0.05, 0.1) is 11.4 Å². The highest BCUT2D eigenvalue weighted by Crippen LogP contribution is 2.40. The second-order valence-corrected chi connectivity index (χ2v) is 8.56. The Morgan fingerprint density at radius 2 is 2.23 bits per heavy atom. The number of hydrogen-bond acceptors (Lipinski definition) is 5. The van der Waals surface area contributed by atoms with Gasteiger partial charge in [-0.05, 0) is 49.9 Å². The van der Waals surface area contributed by atoms with Crippen LogP contribution in [0.15, 0.2) is 23.2 Å². The predicted octanol–water partition coefficient (Wildman–Crippen LogP) is 5.01. The number of fused-ring (bicyclic) bond motifs is 3. The van der Waals surface area contributed by atoms with Gasteiger partial charge in [-0.3, -0.25) is 4.79 Å². The fraction of sp³-hybridized carbons (Fsp3) is 0.278. The van der Waals surface area contributed by atoms with Crippen LogP contribution in [0.3, 0.4) is 0 Å². The summed E-state index contributed by atoms with van der Waals surface area (Å²) in [6, 6.07) is 4.08. The number of benzene rings is 1. The lowest BCUT2D eigenvalue weighted by atomic mass is 10.2. The van der Waals surface area contributed by atoms with Crippen molar-refractivity contribution in [2.75, 3.05) is 11.1 Å². The van der Waals surface area contributed by atoms with Crippen molar-refractivity contribution in [3.05, 3.63) is 45.3 Å². The van der Waals surface area contributed by atoms with Gasteiger partial charge in [-0.2, -0.15) is 0 Å². The summed E-state index contributed by atoms with van der Waals surface area (Å²) in [4.78, 5) is 23.7. The first-order chi connectivity index (χ1) is 12.5. The first-order valence-corrected chi connectivity index (χ1v) is 10.4. The zero-order chi connectivity index (χ0) is 18.3. The molecule has 0 radical (unpaired) electrons. The molecule has 0 spiro atoms. The first-order valence-electron chi connectivity index (χ1n) is 8.18. The molecule has 8 heteroatoms. The maximum atomic E-state index is 13.8. The van der Waals surface area contributed by atoms with E-state index in [1.807, 2.05) is 6.92 Å². The van der Waals surface area contributed by atoms with Crippen LogP contribution in [-0.4, -0.2) is 21.6 Å². The number of rotatable bonds is 4. The van der Waals surface area contributed by atoms with Crippen LogP contribution in [0.25, 0.3) is 10.2 Å². The topological polar surface area (TPSA) is 54.9 Å². The van der Waals surface area contributed by atoms with E-state index in [9.17, 15) is 9.18 Å². The van der Waals surface area contributed by atoms with Gasteiger partial charge in [-0.1, -0.05) is 23.4 Å². The van der Waals surface area contributed by atoms with Gasteiger partial charge < -0.3 is 5.32 Å². The monoisotopic (exact) mass is 407 g/mol. The largest absolute Gasteiger partial charge is 0.323 e. The highest BCUT2D eigenvalue weighted by Gasteiger charge is 2.22. The Kier molecular flexibility index (Phi) is 4.86. The van der Waals surface area contributed by atoms with Crippen LogP contribution < -0.4 is 5.32 Å². The second-order valence-electron chi connectivity index (χ2n) is 6.07. The number of thioether (sulfide) groups is 1. The van der Waals surface area contributed by atoms with E-state index in [-0.39, 0.29) is 17.3 Å². The molecule has 134 valence electrons. The highest BCUT2D eigenvalue weighted by atomic mass is 35.5. The molecule has 1 aromatic carbocycles. The van der Waals surface area contributed by atoms with Crippen molar-refractivity contribution in [1.82, 2.24) is 9.97 Å². The highest BCUT2D eigenvalue weighted by molar-refractivity contribution is 8.00. The maximum Gasteiger partial charge on any atom is 0.234 e. The SMILES string of the molecule is Cc1nc(SCC(=O)Nc2cc(Cl)ccc2F)c2c3c(sc2n1)CCC3. The molecule has 2 aromatic heterocycles. The zero-order valence-corrected chi connectivity index (χ0v) is 16.3. The van der Waals surface area contributed by atoms with Gasteiger partial charge >= 0.3 is 0 Å². The van der Waals surface area contributed by atoms with Crippen molar-refractivity contribution >= 4 is 56.5 Å². The average Bonchev–Trinajstić information content (AvgIpc) is 3.16. The number of hydrogen-bond donors (Lipinski definition) is 1. The summed E-state index contributed by atoms with van der Waals surface area (Å²) >= 11 is 8.94. The molecule has 2 heterocycles. The van der Waals surface area contributed by atoms with E-state index in [2.05, 4.69) is 15.3 Å². The van der Waals surface area contributed by atoms with Gasteiger partial charge in [0, 0.05) is 15.3 Å². The molecule has 0 fully saturated rings. The number of nitrogens with one attached hydrogen (secondary N) is 1. The quantitative estimate of drug-likeness (QED) is 0.487.